The second-order valence-electron chi connectivity index (χ2n) is 3.64. The minimum atomic E-state index is -1.22. The van der Waals surface area contributed by atoms with Crippen LogP contribution in [0, 0.1) is 0 Å². The zero-order valence-corrected chi connectivity index (χ0v) is 10.5. The third-order valence-corrected chi connectivity index (χ3v) is 3.35. The van der Waals surface area contributed by atoms with Gasteiger partial charge in [0, 0.05) is 11.1 Å². The summed E-state index contributed by atoms with van der Waals surface area (Å²) in [4.78, 5) is 25.8. The van der Waals surface area contributed by atoms with Crippen LogP contribution in [0.2, 0.25) is 0 Å². The number of thioether (sulfide) groups is 1. The molecule has 92 valence electrons. The number of hydrogen-bond acceptors (Lipinski definition) is 3. The fraction of sp³-hybridized carbons (Fsp3) is 0.0769. The summed E-state index contributed by atoms with van der Waals surface area (Å²) < 4.78 is 0. The first-order chi connectivity index (χ1) is 8.63. The SMILES string of the molecule is CSc1ccccc1-c1c[nH]c(=O)c(C(=O)O)c1. The average Bonchev–Trinajstić information content (AvgIpc) is 2.39. The molecule has 0 amide bonds. The predicted molar refractivity (Wildman–Crippen MR) is 71.2 cm³/mol. The van der Waals surface area contributed by atoms with Crippen LogP contribution >= 0.6 is 11.8 Å². The second-order valence-corrected chi connectivity index (χ2v) is 4.48. The largest absolute Gasteiger partial charge is 0.477 e. The molecule has 0 bridgehead atoms. The van der Waals surface area contributed by atoms with Gasteiger partial charge in [0.15, 0.2) is 0 Å². The van der Waals surface area contributed by atoms with E-state index in [2.05, 4.69) is 4.98 Å². The molecule has 2 N–H and O–H groups in total. The molecule has 4 nitrogen and oxygen atoms in total. The average molecular weight is 261 g/mol. The molecule has 5 heteroatoms. The van der Waals surface area contributed by atoms with Crippen molar-refractivity contribution in [2.45, 2.75) is 4.90 Å². The first-order valence-electron chi connectivity index (χ1n) is 5.23. The smallest absolute Gasteiger partial charge is 0.341 e. The van der Waals surface area contributed by atoms with Crippen molar-refractivity contribution < 1.29 is 9.90 Å². The number of carboxylic acids is 1. The molecule has 0 atom stereocenters. The van der Waals surface area contributed by atoms with Crippen molar-refractivity contribution in [3.8, 4) is 11.1 Å². The molecule has 2 aromatic rings. The van der Waals surface area contributed by atoms with Gasteiger partial charge in [-0.15, -0.1) is 11.8 Å². The molecule has 0 aliphatic carbocycles. The molecule has 0 saturated heterocycles. The second kappa shape index (κ2) is 5.10. The van der Waals surface area contributed by atoms with Crippen LogP contribution < -0.4 is 5.56 Å². The normalized spacial score (nSPS) is 10.3. The Kier molecular flexibility index (Phi) is 3.53. The number of aromatic carboxylic acids is 1. The molecule has 0 aliphatic rings. The van der Waals surface area contributed by atoms with E-state index < -0.39 is 11.5 Å². The predicted octanol–water partition coefficient (Wildman–Crippen LogP) is 2.46. The molecule has 1 heterocycles. The Labute approximate surface area is 108 Å². The van der Waals surface area contributed by atoms with Crippen LogP contribution in [0.1, 0.15) is 10.4 Å². The van der Waals surface area contributed by atoms with Gasteiger partial charge < -0.3 is 10.1 Å². The lowest BCUT2D eigenvalue weighted by atomic mass is 10.1. The summed E-state index contributed by atoms with van der Waals surface area (Å²) in [5.74, 6) is -1.22. The quantitative estimate of drug-likeness (QED) is 0.833. The molecule has 18 heavy (non-hydrogen) atoms. The van der Waals surface area contributed by atoms with E-state index in [0.717, 1.165) is 10.5 Å². The molecule has 2 rings (SSSR count). The van der Waals surface area contributed by atoms with Crippen molar-refractivity contribution in [3.63, 3.8) is 0 Å². The molecule has 0 spiro atoms. The van der Waals surface area contributed by atoms with Crippen molar-refractivity contribution in [1.82, 2.24) is 4.98 Å². The Bertz CT molecular complexity index is 649. The lowest BCUT2D eigenvalue weighted by Crippen LogP contribution is -2.16. The first-order valence-corrected chi connectivity index (χ1v) is 6.45. The minimum Gasteiger partial charge on any atom is -0.477 e. The highest BCUT2D eigenvalue weighted by Gasteiger charge is 2.11. The first kappa shape index (κ1) is 12.4. The zero-order valence-electron chi connectivity index (χ0n) is 9.64. The zero-order chi connectivity index (χ0) is 13.1. The summed E-state index contributed by atoms with van der Waals surface area (Å²) in [5, 5.41) is 8.94. The minimum absolute atomic E-state index is 0.247. The maximum Gasteiger partial charge on any atom is 0.341 e. The van der Waals surface area contributed by atoms with Gasteiger partial charge in [-0.3, -0.25) is 4.79 Å². The van der Waals surface area contributed by atoms with E-state index in [0.29, 0.717) is 5.56 Å². The number of aromatic amines is 1. The number of nitrogens with one attached hydrogen (secondary N) is 1. The summed E-state index contributed by atoms with van der Waals surface area (Å²) in [6.45, 7) is 0. The fourth-order valence-corrected chi connectivity index (χ4v) is 2.30. The van der Waals surface area contributed by atoms with E-state index in [-0.39, 0.29) is 5.56 Å². The third-order valence-electron chi connectivity index (χ3n) is 2.55. The van der Waals surface area contributed by atoms with Crippen LogP contribution in [0.5, 0.6) is 0 Å². The van der Waals surface area contributed by atoms with Crippen LogP contribution in [0.15, 0.2) is 46.2 Å². The summed E-state index contributed by atoms with van der Waals surface area (Å²) in [7, 11) is 0. The molecule has 0 saturated carbocycles. The molecule has 1 aromatic carbocycles. The van der Waals surface area contributed by atoms with E-state index >= 15 is 0 Å². The van der Waals surface area contributed by atoms with Gasteiger partial charge in [0.2, 0.25) is 0 Å². The Morgan fingerprint density at radius 1 is 1.33 bits per heavy atom. The topological polar surface area (TPSA) is 70.2 Å². The van der Waals surface area contributed by atoms with E-state index in [1.807, 2.05) is 30.5 Å². The number of carbonyl (C=O) groups is 1. The van der Waals surface area contributed by atoms with Crippen molar-refractivity contribution in [1.29, 1.82) is 0 Å². The Hall–Kier alpha value is -2.01. The maximum absolute atomic E-state index is 11.4. The van der Waals surface area contributed by atoms with Gasteiger partial charge >= 0.3 is 5.97 Å². The summed E-state index contributed by atoms with van der Waals surface area (Å²) in [5.41, 5.74) is 0.761. The third kappa shape index (κ3) is 2.31. The van der Waals surface area contributed by atoms with Gasteiger partial charge in [-0.2, -0.15) is 0 Å². The van der Waals surface area contributed by atoms with E-state index in [1.165, 1.54) is 12.3 Å². The van der Waals surface area contributed by atoms with Gasteiger partial charge in [0.25, 0.3) is 5.56 Å². The number of pyridine rings is 1. The molecule has 1 aromatic heterocycles. The lowest BCUT2D eigenvalue weighted by Gasteiger charge is -2.07. The van der Waals surface area contributed by atoms with Crippen molar-refractivity contribution in [3.05, 3.63) is 52.4 Å². The van der Waals surface area contributed by atoms with Crippen molar-refractivity contribution in [2.75, 3.05) is 6.26 Å². The molecule has 0 unspecified atom stereocenters. The molecule has 0 radical (unpaired) electrons. The van der Waals surface area contributed by atoms with E-state index in [4.69, 9.17) is 5.11 Å². The molecule has 0 fully saturated rings. The van der Waals surface area contributed by atoms with Crippen LogP contribution in [0.3, 0.4) is 0 Å². The summed E-state index contributed by atoms with van der Waals surface area (Å²) in [6.07, 6.45) is 3.48. The highest BCUT2D eigenvalue weighted by molar-refractivity contribution is 7.98. The van der Waals surface area contributed by atoms with Gasteiger partial charge in [-0.05, 0) is 29.5 Å². The van der Waals surface area contributed by atoms with E-state index in [9.17, 15) is 9.59 Å². The van der Waals surface area contributed by atoms with Crippen LogP contribution in [-0.2, 0) is 0 Å². The van der Waals surface area contributed by atoms with Crippen LogP contribution in [0.25, 0.3) is 11.1 Å². The fourth-order valence-electron chi connectivity index (χ4n) is 1.68. The van der Waals surface area contributed by atoms with Gasteiger partial charge in [0.1, 0.15) is 5.56 Å². The van der Waals surface area contributed by atoms with E-state index in [1.54, 1.807) is 11.8 Å². The number of hydrogen-bond donors (Lipinski definition) is 2. The number of carboxylic acid groups (broad SMARTS) is 1. The van der Waals surface area contributed by atoms with Crippen LogP contribution in [-0.4, -0.2) is 22.3 Å². The summed E-state index contributed by atoms with van der Waals surface area (Å²) in [6, 6.07) is 9.03. The maximum atomic E-state index is 11.4. The number of aromatic nitrogens is 1. The van der Waals surface area contributed by atoms with Crippen LogP contribution in [0.4, 0.5) is 0 Å². The highest BCUT2D eigenvalue weighted by Crippen LogP contribution is 2.29. The monoisotopic (exact) mass is 261 g/mol. The van der Waals surface area contributed by atoms with Gasteiger partial charge in [-0.25, -0.2) is 4.79 Å². The summed E-state index contributed by atoms with van der Waals surface area (Å²) >= 11 is 1.57. The van der Waals surface area contributed by atoms with Crippen molar-refractivity contribution >= 4 is 17.7 Å². The Morgan fingerprint density at radius 3 is 2.72 bits per heavy atom. The molecular formula is C13H11NO3S. The Morgan fingerprint density at radius 2 is 2.06 bits per heavy atom. The molecular weight excluding hydrogens is 250 g/mol. The number of rotatable bonds is 3. The van der Waals surface area contributed by atoms with Crippen molar-refractivity contribution in [2.24, 2.45) is 0 Å². The lowest BCUT2D eigenvalue weighted by molar-refractivity contribution is 0.0695. The Balaban J connectivity index is 2.61. The standard InChI is InChI=1S/C13H11NO3S/c1-18-11-5-3-2-4-9(11)8-6-10(13(16)17)12(15)14-7-8/h2-7H,1H3,(H,14,15)(H,16,17). The number of H-pyrrole nitrogens is 1. The van der Waals surface area contributed by atoms with Gasteiger partial charge in [0.05, 0.1) is 0 Å². The number of benzene rings is 1. The van der Waals surface area contributed by atoms with Gasteiger partial charge in [-0.1, -0.05) is 18.2 Å². The molecule has 0 aliphatic heterocycles. The highest BCUT2D eigenvalue weighted by atomic mass is 32.2.